The van der Waals surface area contributed by atoms with Crippen LogP contribution in [0.3, 0.4) is 0 Å². The van der Waals surface area contributed by atoms with Crippen LogP contribution in [-0.2, 0) is 17.1 Å². The lowest BCUT2D eigenvalue weighted by atomic mass is 10.2. The molecular weight excluding hydrogens is 294 g/mol. The maximum absolute atomic E-state index is 11.3. The van der Waals surface area contributed by atoms with Gasteiger partial charge in [-0.1, -0.05) is 16.9 Å². The minimum absolute atomic E-state index is 0.131. The molecule has 0 unspecified atom stereocenters. The summed E-state index contributed by atoms with van der Waals surface area (Å²) < 4.78 is 10.0. The molecular formula is C13H15N3O4S. The van der Waals surface area contributed by atoms with Crippen molar-refractivity contribution in [3.63, 3.8) is 0 Å². The van der Waals surface area contributed by atoms with Crippen molar-refractivity contribution in [2.75, 3.05) is 7.11 Å². The van der Waals surface area contributed by atoms with Gasteiger partial charge in [-0.3, -0.25) is 0 Å². The first kappa shape index (κ1) is 15.5. The minimum atomic E-state index is -1.03. The first-order valence-corrected chi connectivity index (χ1v) is 7.14. The second-order valence-electron chi connectivity index (χ2n) is 4.35. The van der Waals surface area contributed by atoms with Gasteiger partial charge in [0, 0.05) is 18.9 Å². The molecule has 0 radical (unpaired) electrons. The summed E-state index contributed by atoms with van der Waals surface area (Å²) >= 11 is 1.29. The average molecular weight is 309 g/mol. The Balaban J connectivity index is 2.17. The number of thioether (sulfide) groups is 1. The van der Waals surface area contributed by atoms with Crippen molar-refractivity contribution in [1.29, 1.82) is 0 Å². The molecule has 0 aliphatic heterocycles. The van der Waals surface area contributed by atoms with E-state index in [1.54, 1.807) is 27.0 Å². The van der Waals surface area contributed by atoms with Crippen molar-refractivity contribution < 1.29 is 19.2 Å². The Morgan fingerprint density at radius 2 is 2.19 bits per heavy atom. The van der Waals surface area contributed by atoms with E-state index in [1.165, 1.54) is 11.8 Å². The molecule has 0 bridgehead atoms. The molecule has 0 amide bonds. The van der Waals surface area contributed by atoms with Gasteiger partial charge in [-0.05, 0) is 13.8 Å². The van der Waals surface area contributed by atoms with Crippen LogP contribution in [0.5, 0.6) is 0 Å². The van der Waals surface area contributed by atoms with Crippen LogP contribution in [0.25, 0.3) is 0 Å². The lowest BCUT2D eigenvalue weighted by Gasteiger charge is -2.07. The number of hydrogen-bond acceptors (Lipinski definition) is 7. The highest BCUT2D eigenvalue weighted by Gasteiger charge is 2.18. The Hall–Kier alpha value is -1.93. The van der Waals surface area contributed by atoms with E-state index in [0.29, 0.717) is 40.4 Å². The summed E-state index contributed by atoms with van der Waals surface area (Å²) in [6.07, 6.45) is 0. The molecule has 0 fully saturated rings. The number of carbonyl (C=O) groups is 1. The predicted octanol–water partition coefficient (Wildman–Crippen LogP) is 2.22. The molecule has 1 N–H and O–H groups in total. The molecule has 0 aliphatic rings. The topological polar surface area (TPSA) is 98.3 Å². The third kappa shape index (κ3) is 3.79. The normalized spacial score (nSPS) is 10.8. The van der Waals surface area contributed by atoms with Crippen LogP contribution in [-0.4, -0.2) is 33.3 Å². The van der Waals surface area contributed by atoms with Crippen molar-refractivity contribution in [2.45, 2.75) is 31.2 Å². The van der Waals surface area contributed by atoms with Crippen LogP contribution in [0, 0.1) is 13.8 Å². The zero-order valence-electron chi connectivity index (χ0n) is 11.9. The maximum Gasteiger partial charge on any atom is 0.340 e. The highest BCUT2D eigenvalue weighted by molar-refractivity contribution is 7.98. The fourth-order valence-electron chi connectivity index (χ4n) is 1.81. The zero-order valence-corrected chi connectivity index (χ0v) is 12.7. The third-order valence-electron chi connectivity index (χ3n) is 2.63. The fraction of sp³-hybridized carbons (Fsp3) is 0.385. The first-order chi connectivity index (χ1) is 10.0. The van der Waals surface area contributed by atoms with Gasteiger partial charge in [0.05, 0.1) is 11.4 Å². The highest BCUT2D eigenvalue weighted by Crippen LogP contribution is 2.26. The lowest BCUT2D eigenvalue weighted by molar-refractivity contribution is 0.0690. The molecule has 0 saturated carbocycles. The van der Waals surface area contributed by atoms with Crippen molar-refractivity contribution in [1.82, 2.24) is 15.1 Å². The van der Waals surface area contributed by atoms with Gasteiger partial charge < -0.3 is 14.4 Å². The maximum atomic E-state index is 11.3. The number of aromatic nitrogens is 3. The van der Waals surface area contributed by atoms with Crippen LogP contribution in [0.15, 0.2) is 15.6 Å². The summed E-state index contributed by atoms with van der Waals surface area (Å²) in [5.41, 5.74) is 1.29. The van der Waals surface area contributed by atoms with Gasteiger partial charge in [0.25, 0.3) is 0 Å². The summed E-state index contributed by atoms with van der Waals surface area (Å²) in [5.74, 6) is 0.598. The number of carboxylic acid groups (broad SMARTS) is 1. The van der Waals surface area contributed by atoms with Gasteiger partial charge in [-0.2, -0.15) is 0 Å². The molecule has 0 aliphatic carbocycles. The zero-order chi connectivity index (χ0) is 15.4. The molecule has 2 aromatic heterocycles. The molecule has 112 valence electrons. The molecule has 2 aromatic rings. The fourth-order valence-corrected chi connectivity index (χ4v) is 2.80. The quantitative estimate of drug-likeness (QED) is 0.640. The summed E-state index contributed by atoms with van der Waals surface area (Å²) in [7, 11) is 1.57. The molecule has 21 heavy (non-hydrogen) atoms. The summed E-state index contributed by atoms with van der Waals surface area (Å²) in [6.45, 7) is 3.74. The smallest absolute Gasteiger partial charge is 0.340 e. The second kappa shape index (κ2) is 6.68. The van der Waals surface area contributed by atoms with Gasteiger partial charge in [0.15, 0.2) is 5.76 Å². The van der Waals surface area contributed by atoms with Crippen LogP contribution < -0.4 is 0 Å². The van der Waals surface area contributed by atoms with E-state index < -0.39 is 5.97 Å². The molecule has 0 spiro atoms. The lowest BCUT2D eigenvalue weighted by Crippen LogP contribution is -2.08. The second-order valence-corrected chi connectivity index (χ2v) is 5.31. The Morgan fingerprint density at radius 1 is 1.43 bits per heavy atom. The van der Waals surface area contributed by atoms with Gasteiger partial charge in [-0.15, -0.1) is 0 Å². The molecule has 8 heteroatoms. The number of hydrogen-bond donors (Lipinski definition) is 1. The average Bonchev–Trinajstić information content (AvgIpc) is 2.83. The van der Waals surface area contributed by atoms with Gasteiger partial charge in [-0.25, -0.2) is 14.8 Å². The molecule has 7 nitrogen and oxygen atoms in total. The minimum Gasteiger partial charge on any atom is -0.478 e. The van der Waals surface area contributed by atoms with Crippen molar-refractivity contribution in [3.8, 4) is 0 Å². The number of nitrogens with zero attached hydrogens (tertiary/aromatic N) is 3. The molecule has 0 atom stereocenters. The Morgan fingerprint density at radius 3 is 2.86 bits per heavy atom. The van der Waals surface area contributed by atoms with Crippen LogP contribution >= 0.6 is 11.8 Å². The molecule has 0 aromatic carbocycles. The van der Waals surface area contributed by atoms with E-state index in [4.69, 9.17) is 9.26 Å². The van der Waals surface area contributed by atoms with Crippen LogP contribution in [0.2, 0.25) is 0 Å². The van der Waals surface area contributed by atoms with Crippen molar-refractivity contribution >= 4 is 17.7 Å². The summed E-state index contributed by atoms with van der Waals surface area (Å²) in [6, 6.07) is 1.78. The number of aromatic carboxylic acids is 1. The van der Waals surface area contributed by atoms with Gasteiger partial charge >= 0.3 is 5.97 Å². The van der Waals surface area contributed by atoms with Crippen LogP contribution in [0.4, 0.5) is 0 Å². The van der Waals surface area contributed by atoms with Crippen molar-refractivity contribution in [2.24, 2.45) is 0 Å². The van der Waals surface area contributed by atoms with Gasteiger partial charge in [0.2, 0.25) is 0 Å². The predicted molar refractivity (Wildman–Crippen MR) is 75.2 cm³/mol. The number of methoxy groups -OCH3 is 1. The largest absolute Gasteiger partial charge is 0.478 e. The van der Waals surface area contributed by atoms with Gasteiger partial charge in [0.1, 0.15) is 23.0 Å². The first-order valence-electron chi connectivity index (χ1n) is 6.16. The Kier molecular flexibility index (Phi) is 4.92. The van der Waals surface area contributed by atoms with E-state index in [-0.39, 0.29) is 5.56 Å². The van der Waals surface area contributed by atoms with E-state index in [9.17, 15) is 9.90 Å². The van der Waals surface area contributed by atoms with Crippen molar-refractivity contribution in [3.05, 3.63) is 34.6 Å². The standard InChI is InChI=1S/C13H15N3O4S/c1-7-11(13(17)18)12(15-8(2)14-7)21-6-9-4-10(5-19-3)20-16-9/h4H,5-6H2,1-3H3,(H,17,18). The Bertz CT molecular complexity index is 657. The number of carboxylic acids is 1. The molecule has 2 heterocycles. The highest BCUT2D eigenvalue weighted by atomic mass is 32.2. The SMILES string of the molecule is COCc1cc(CSc2nc(C)nc(C)c2C(=O)O)no1. The third-order valence-corrected chi connectivity index (χ3v) is 3.64. The van der Waals surface area contributed by atoms with E-state index in [1.807, 2.05) is 0 Å². The van der Waals surface area contributed by atoms with Crippen LogP contribution in [0.1, 0.15) is 33.3 Å². The Labute approximate surface area is 125 Å². The van der Waals surface area contributed by atoms with E-state index in [0.717, 1.165) is 0 Å². The monoisotopic (exact) mass is 309 g/mol. The van der Waals surface area contributed by atoms with E-state index in [2.05, 4.69) is 15.1 Å². The number of rotatable bonds is 6. The summed E-state index contributed by atoms with van der Waals surface area (Å²) in [5, 5.41) is 13.6. The summed E-state index contributed by atoms with van der Waals surface area (Å²) in [4.78, 5) is 19.6. The molecule has 2 rings (SSSR count). The number of ether oxygens (including phenoxy) is 1. The molecule has 0 saturated heterocycles. The number of aryl methyl sites for hydroxylation is 2. The van der Waals surface area contributed by atoms with E-state index >= 15 is 0 Å².